The third-order valence-electron chi connectivity index (χ3n) is 6.88. The predicted molar refractivity (Wildman–Crippen MR) is 145 cm³/mol. The number of aromatic nitrogens is 1. The van der Waals surface area contributed by atoms with E-state index < -0.39 is 11.8 Å². The van der Waals surface area contributed by atoms with Crippen LogP contribution in [0.3, 0.4) is 0 Å². The van der Waals surface area contributed by atoms with Gasteiger partial charge in [0.05, 0.1) is 12.1 Å². The molecular formula is C30H30N4O3. The number of piperidine rings is 1. The summed E-state index contributed by atoms with van der Waals surface area (Å²) in [5, 5.41) is 4.42. The molecule has 0 spiro atoms. The van der Waals surface area contributed by atoms with Crippen molar-refractivity contribution in [3.8, 4) is 28.0 Å². The van der Waals surface area contributed by atoms with Crippen LogP contribution in [0.4, 0.5) is 0 Å². The van der Waals surface area contributed by atoms with Crippen molar-refractivity contribution in [2.75, 3.05) is 13.2 Å². The number of nitrogens with zero attached hydrogens (tertiary/aromatic N) is 1. The third-order valence-corrected chi connectivity index (χ3v) is 6.88. The van der Waals surface area contributed by atoms with Gasteiger partial charge in [-0.2, -0.15) is 0 Å². The maximum absolute atomic E-state index is 11.8. The Balaban J connectivity index is 1.58. The van der Waals surface area contributed by atoms with Crippen molar-refractivity contribution in [3.05, 3.63) is 84.1 Å². The van der Waals surface area contributed by atoms with Crippen LogP contribution in [-0.2, 0) is 0 Å². The Bertz CT molecular complexity index is 1460. The van der Waals surface area contributed by atoms with Gasteiger partial charge < -0.3 is 21.5 Å². The van der Waals surface area contributed by atoms with Crippen molar-refractivity contribution in [1.29, 1.82) is 0 Å². The zero-order valence-corrected chi connectivity index (χ0v) is 20.6. The number of nitrogens with one attached hydrogen (secondary N) is 1. The van der Waals surface area contributed by atoms with Crippen LogP contribution in [0.15, 0.2) is 72.9 Å². The van der Waals surface area contributed by atoms with Crippen molar-refractivity contribution in [2.24, 2.45) is 11.5 Å². The summed E-state index contributed by atoms with van der Waals surface area (Å²) in [7, 11) is 0. The first-order chi connectivity index (χ1) is 18.0. The van der Waals surface area contributed by atoms with E-state index in [1.807, 2.05) is 36.4 Å². The molecule has 0 bridgehead atoms. The fourth-order valence-electron chi connectivity index (χ4n) is 4.87. The number of carbonyl (C=O) groups excluding carboxylic acids is 2. The smallest absolute Gasteiger partial charge is 0.248 e. The van der Waals surface area contributed by atoms with E-state index in [1.54, 1.807) is 36.5 Å². The topological polar surface area (TPSA) is 120 Å². The van der Waals surface area contributed by atoms with Crippen LogP contribution >= 0.6 is 0 Å². The molecule has 4 aromatic rings. The zero-order chi connectivity index (χ0) is 25.8. The quantitative estimate of drug-likeness (QED) is 0.329. The van der Waals surface area contributed by atoms with Crippen molar-refractivity contribution >= 4 is 22.7 Å². The second-order valence-electron chi connectivity index (χ2n) is 9.41. The Kier molecular flexibility index (Phi) is 7.14. The number of primary amides is 2. The first-order valence-corrected chi connectivity index (χ1v) is 12.6. The minimum absolute atomic E-state index is 0.423. The number of pyridine rings is 1. The molecule has 5 N–H and O–H groups in total. The Morgan fingerprint density at radius 3 is 2.30 bits per heavy atom. The molecule has 1 fully saturated rings. The largest absolute Gasteiger partial charge is 0.492 e. The van der Waals surface area contributed by atoms with Crippen LogP contribution in [0.2, 0.25) is 0 Å². The molecule has 1 aromatic heterocycles. The molecule has 7 nitrogen and oxygen atoms in total. The van der Waals surface area contributed by atoms with Crippen LogP contribution in [-0.4, -0.2) is 36.0 Å². The molecule has 1 atom stereocenters. The molecule has 0 saturated carbocycles. The van der Waals surface area contributed by atoms with Gasteiger partial charge in [-0.25, -0.2) is 0 Å². The van der Waals surface area contributed by atoms with E-state index in [0.29, 0.717) is 29.5 Å². The van der Waals surface area contributed by atoms with Gasteiger partial charge in [0.15, 0.2) is 0 Å². The molecule has 188 valence electrons. The molecule has 2 amide bonds. The summed E-state index contributed by atoms with van der Waals surface area (Å²) in [5.41, 5.74) is 16.1. The van der Waals surface area contributed by atoms with Gasteiger partial charge in [-0.1, -0.05) is 36.8 Å². The lowest BCUT2D eigenvalue weighted by molar-refractivity contribution is 0.0992. The van der Waals surface area contributed by atoms with Crippen LogP contribution in [0, 0.1) is 0 Å². The number of rotatable bonds is 8. The highest BCUT2D eigenvalue weighted by Gasteiger charge is 2.17. The Morgan fingerprint density at radius 2 is 1.59 bits per heavy atom. The maximum atomic E-state index is 11.8. The minimum atomic E-state index is -0.488. The molecule has 0 radical (unpaired) electrons. The molecule has 2 heterocycles. The lowest BCUT2D eigenvalue weighted by atomic mass is 9.97. The van der Waals surface area contributed by atoms with Crippen molar-refractivity contribution in [2.45, 2.75) is 31.7 Å². The number of amides is 2. The highest BCUT2D eigenvalue weighted by molar-refractivity contribution is 5.98. The molecule has 3 aromatic carbocycles. The zero-order valence-electron chi connectivity index (χ0n) is 20.6. The molecule has 0 aliphatic carbocycles. The van der Waals surface area contributed by atoms with E-state index in [-0.39, 0.29) is 0 Å². The monoisotopic (exact) mass is 494 g/mol. The van der Waals surface area contributed by atoms with E-state index in [2.05, 4.69) is 10.3 Å². The SMILES string of the molecule is NC(=O)c1cccc(-c2ccc3ncc(-c4cccc(C(N)=O)c4)c(OCC[C@H]4CCCCN4)c3c2)c1. The van der Waals surface area contributed by atoms with E-state index in [0.717, 1.165) is 52.5 Å². The summed E-state index contributed by atoms with van der Waals surface area (Å²) >= 11 is 0. The lowest BCUT2D eigenvalue weighted by Gasteiger charge is -2.24. The molecule has 0 unspecified atom stereocenters. The van der Waals surface area contributed by atoms with Crippen molar-refractivity contribution in [3.63, 3.8) is 0 Å². The van der Waals surface area contributed by atoms with Crippen molar-refractivity contribution in [1.82, 2.24) is 10.3 Å². The second-order valence-corrected chi connectivity index (χ2v) is 9.41. The number of fused-ring (bicyclic) bond motifs is 1. The first-order valence-electron chi connectivity index (χ1n) is 12.6. The molecule has 7 heteroatoms. The summed E-state index contributed by atoms with van der Waals surface area (Å²) in [4.78, 5) is 28.3. The van der Waals surface area contributed by atoms with Gasteiger partial charge in [-0.3, -0.25) is 14.6 Å². The van der Waals surface area contributed by atoms with Gasteiger partial charge in [0.25, 0.3) is 0 Å². The van der Waals surface area contributed by atoms with Gasteiger partial charge in [-0.15, -0.1) is 0 Å². The normalized spacial score (nSPS) is 15.4. The summed E-state index contributed by atoms with van der Waals surface area (Å²) in [6, 6.07) is 20.8. The fourth-order valence-corrected chi connectivity index (χ4v) is 4.87. The summed E-state index contributed by atoms with van der Waals surface area (Å²) in [6.45, 7) is 1.59. The molecule has 1 saturated heterocycles. The summed E-state index contributed by atoms with van der Waals surface area (Å²) in [5.74, 6) is -0.255. The van der Waals surface area contributed by atoms with E-state index >= 15 is 0 Å². The third kappa shape index (κ3) is 5.47. The molecule has 1 aliphatic heterocycles. The number of nitrogens with two attached hydrogens (primary N) is 2. The van der Waals surface area contributed by atoms with Gasteiger partial charge in [0, 0.05) is 34.3 Å². The summed E-state index contributed by atoms with van der Waals surface area (Å²) < 4.78 is 6.49. The van der Waals surface area contributed by atoms with Gasteiger partial charge in [0.1, 0.15) is 5.75 Å². The highest BCUT2D eigenvalue weighted by Crippen LogP contribution is 2.38. The standard InChI is InChI=1S/C30H30N4O3/c31-29(35)22-7-3-5-19(15-22)20-10-11-27-25(17-20)28(37-14-12-24-9-1-2-13-33-24)26(18-34-27)21-6-4-8-23(16-21)30(32)36/h3-8,10-11,15-18,24,33H,1-2,9,12-14H2,(H2,31,35)(H2,32,36)/t24-/m1/s1. The molecule has 5 rings (SSSR count). The van der Waals surface area contributed by atoms with Crippen LogP contribution in [0.5, 0.6) is 5.75 Å². The maximum Gasteiger partial charge on any atom is 0.248 e. The first kappa shape index (κ1) is 24.5. The number of ether oxygens (including phenoxy) is 1. The van der Waals surface area contributed by atoms with Gasteiger partial charge in [0.2, 0.25) is 11.8 Å². The molecular weight excluding hydrogens is 464 g/mol. The van der Waals surface area contributed by atoms with E-state index in [9.17, 15) is 9.59 Å². The van der Waals surface area contributed by atoms with Gasteiger partial charge >= 0.3 is 0 Å². The Labute approximate surface area is 215 Å². The van der Waals surface area contributed by atoms with E-state index in [4.69, 9.17) is 16.2 Å². The lowest BCUT2D eigenvalue weighted by Crippen LogP contribution is -2.35. The van der Waals surface area contributed by atoms with Crippen LogP contribution in [0.1, 0.15) is 46.4 Å². The predicted octanol–water partition coefficient (Wildman–Crippen LogP) is 4.68. The van der Waals surface area contributed by atoms with Crippen LogP contribution < -0.4 is 21.5 Å². The molecule has 37 heavy (non-hydrogen) atoms. The number of carbonyl (C=O) groups is 2. The highest BCUT2D eigenvalue weighted by atomic mass is 16.5. The number of benzene rings is 3. The van der Waals surface area contributed by atoms with E-state index in [1.165, 1.54) is 12.8 Å². The Hall–Kier alpha value is -4.23. The second kappa shape index (κ2) is 10.8. The Morgan fingerprint density at radius 1 is 0.892 bits per heavy atom. The summed E-state index contributed by atoms with van der Waals surface area (Å²) in [6.07, 6.45) is 6.27. The van der Waals surface area contributed by atoms with Crippen molar-refractivity contribution < 1.29 is 14.3 Å². The minimum Gasteiger partial charge on any atom is -0.492 e. The van der Waals surface area contributed by atoms with Gasteiger partial charge in [-0.05, 0) is 78.9 Å². The number of hydrogen-bond acceptors (Lipinski definition) is 5. The average Bonchev–Trinajstić information content (AvgIpc) is 2.93. The fraction of sp³-hybridized carbons (Fsp3) is 0.233. The number of hydrogen-bond donors (Lipinski definition) is 3. The van der Waals surface area contributed by atoms with Crippen LogP contribution in [0.25, 0.3) is 33.2 Å². The average molecular weight is 495 g/mol. The molecule has 1 aliphatic rings.